The Labute approximate surface area is 152 Å². The van der Waals surface area contributed by atoms with Crippen molar-refractivity contribution >= 4 is 15.9 Å². The molecule has 1 saturated heterocycles. The van der Waals surface area contributed by atoms with Gasteiger partial charge in [0.1, 0.15) is 6.33 Å². The van der Waals surface area contributed by atoms with Crippen LogP contribution in [-0.4, -0.2) is 52.9 Å². The van der Waals surface area contributed by atoms with Crippen LogP contribution < -0.4 is 5.32 Å². The van der Waals surface area contributed by atoms with E-state index >= 15 is 0 Å². The maximum absolute atomic E-state index is 12.7. The van der Waals surface area contributed by atoms with Crippen molar-refractivity contribution in [1.29, 1.82) is 0 Å². The molecule has 8 nitrogen and oxygen atoms in total. The minimum Gasteiger partial charge on any atom is -0.393 e. The fourth-order valence-corrected chi connectivity index (χ4v) is 4.24. The van der Waals surface area contributed by atoms with Crippen molar-refractivity contribution in [3.05, 3.63) is 54.1 Å². The average molecular weight is 376 g/mol. The summed E-state index contributed by atoms with van der Waals surface area (Å²) in [6.45, 7) is 0.767. The second-order valence-corrected chi connectivity index (χ2v) is 7.98. The Kier molecular flexibility index (Phi) is 5.60. The summed E-state index contributed by atoms with van der Waals surface area (Å²) >= 11 is 0. The van der Waals surface area contributed by atoms with Crippen LogP contribution in [0, 0.1) is 0 Å². The SMILES string of the molecule is O=C(NCc1ccncn1)c1cccc(S(=O)(=O)N2CCC(O)CC2)c1. The number of nitrogens with zero attached hydrogens (tertiary/aromatic N) is 3. The van der Waals surface area contributed by atoms with E-state index in [0.29, 0.717) is 18.5 Å². The second-order valence-electron chi connectivity index (χ2n) is 6.05. The Bertz CT molecular complexity index is 865. The highest BCUT2D eigenvalue weighted by Gasteiger charge is 2.29. The van der Waals surface area contributed by atoms with Crippen LogP contribution in [0.15, 0.2) is 47.8 Å². The van der Waals surface area contributed by atoms with Gasteiger partial charge in [-0.3, -0.25) is 4.79 Å². The molecule has 2 N–H and O–H groups in total. The van der Waals surface area contributed by atoms with Crippen LogP contribution in [0.4, 0.5) is 0 Å². The first kappa shape index (κ1) is 18.4. The van der Waals surface area contributed by atoms with Crippen molar-refractivity contribution in [2.45, 2.75) is 30.4 Å². The van der Waals surface area contributed by atoms with Gasteiger partial charge < -0.3 is 10.4 Å². The summed E-state index contributed by atoms with van der Waals surface area (Å²) in [5.74, 6) is -0.380. The van der Waals surface area contributed by atoms with Gasteiger partial charge in [-0.2, -0.15) is 4.31 Å². The van der Waals surface area contributed by atoms with Crippen LogP contribution in [0.1, 0.15) is 28.9 Å². The van der Waals surface area contributed by atoms with E-state index in [9.17, 15) is 18.3 Å². The maximum atomic E-state index is 12.7. The third kappa shape index (κ3) is 4.24. The van der Waals surface area contributed by atoms with Crippen LogP contribution in [0.2, 0.25) is 0 Å². The Morgan fingerprint density at radius 1 is 1.27 bits per heavy atom. The first-order valence-corrected chi connectivity index (χ1v) is 9.72. The van der Waals surface area contributed by atoms with Gasteiger partial charge in [0.25, 0.3) is 5.91 Å². The number of aromatic nitrogens is 2. The molecular formula is C17H20N4O4S. The van der Waals surface area contributed by atoms with Gasteiger partial charge in [0, 0.05) is 24.8 Å². The number of amides is 1. The molecule has 2 aromatic rings. The van der Waals surface area contributed by atoms with Crippen LogP contribution in [0.3, 0.4) is 0 Å². The number of carbonyl (C=O) groups is 1. The zero-order valence-electron chi connectivity index (χ0n) is 14.1. The van der Waals surface area contributed by atoms with E-state index in [1.807, 2.05) is 0 Å². The van der Waals surface area contributed by atoms with E-state index in [4.69, 9.17) is 0 Å². The Morgan fingerprint density at radius 2 is 2.04 bits per heavy atom. The van der Waals surface area contributed by atoms with Gasteiger partial charge in [0.2, 0.25) is 10.0 Å². The highest BCUT2D eigenvalue weighted by Crippen LogP contribution is 2.21. The quantitative estimate of drug-likeness (QED) is 0.788. The molecule has 1 aliphatic rings. The number of aliphatic hydroxyl groups excluding tert-OH is 1. The molecule has 9 heteroatoms. The van der Waals surface area contributed by atoms with Gasteiger partial charge in [-0.15, -0.1) is 0 Å². The second kappa shape index (κ2) is 7.90. The molecule has 1 aromatic carbocycles. The lowest BCUT2D eigenvalue weighted by Gasteiger charge is -2.28. The Balaban J connectivity index is 1.72. The molecule has 0 unspecified atom stereocenters. The molecule has 2 heterocycles. The molecular weight excluding hydrogens is 356 g/mol. The predicted octanol–water partition coefficient (Wildman–Crippen LogP) is 0.552. The molecule has 1 fully saturated rings. The van der Waals surface area contributed by atoms with Crippen molar-refractivity contribution in [3.8, 4) is 0 Å². The zero-order chi connectivity index (χ0) is 18.6. The van der Waals surface area contributed by atoms with Crippen molar-refractivity contribution in [1.82, 2.24) is 19.6 Å². The average Bonchev–Trinajstić information content (AvgIpc) is 2.67. The summed E-state index contributed by atoms with van der Waals surface area (Å²) in [4.78, 5) is 20.2. The number of rotatable bonds is 5. The largest absolute Gasteiger partial charge is 0.393 e. The fraction of sp³-hybridized carbons (Fsp3) is 0.353. The molecule has 0 saturated carbocycles. The predicted molar refractivity (Wildman–Crippen MR) is 93.6 cm³/mol. The first-order valence-electron chi connectivity index (χ1n) is 8.28. The van der Waals surface area contributed by atoms with Gasteiger partial charge in [-0.05, 0) is 37.1 Å². The monoisotopic (exact) mass is 376 g/mol. The van der Waals surface area contributed by atoms with Crippen molar-refractivity contribution < 1.29 is 18.3 Å². The minimum absolute atomic E-state index is 0.0728. The van der Waals surface area contributed by atoms with Gasteiger partial charge in [-0.1, -0.05) is 6.07 Å². The lowest BCUT2D eigenvalue weighted by atomic mass is 10.1. The Hall–Kier alpha value is -2.36. The number of nitrogens with one attached hydrogen (secondary N) is 1. The summed E-state index contributed by atoms with van der Waals surface area (Å²) in [5, 5.41) is 12.3. The molecule has 1 amide bonds. The maximum Gasteiger partial charge on any atom is 0.251 e. The summed E-state index contributed by atoms with van der Waals surface area (Å²) in [7, 11) is -3.69. The zero-order valence-corrected chi connectivity index (χ0v) is 14.9. The highest BCUT2D eigenvalue weighted by molar-refractivity contribution is 7.89. The lowest BCUT2D eigenvalue weighted by molar-refractivity contribution is 0.0950. The fourth-order valence-electron chi connectivity index (χ4n) is 2.72. The molecule has 1 aliphatic heterocycles. The van der Waals surface area contributed by atoms with Crippen LogP contribution in [0.5, 0.6) is 0 Å². The van der Waals surface area contributed by atoms with Gasteiger partial charge >= 0.3 is 0 Å². The number of carbonyl (C=O) groups excluding carboxylic acids is 1. The Morgan fingerprint density at radius 3 is 2.73 bits per heavy atom. The molecule has 1 aromatic heterocycles. The highest BCUT2D eigenvalue weighted by atomic mass is 32.2. The van der Waals surface area contributed by atoms with Gasteiger partial charge in [0.05, 0.1) is 23.2 Å². The van der Waals surface area contributed by atoms with Crippen LogP contribution in [0.25, 0.3) is 0 Å². The van der Waals surface area contributed by atoms with Crippen molar-refractivity contribution in [3.63, 3.8) is 0 Å². The third-order valence-corrected chi connectivity index (χ3v) is 6.13. The van der Waals surface area contributed by atoms with Crippen molar-refractivity contribution in [2.75, 3.05) is 13.1 Å². The number of piperidine rings is 1. The number of hydrogen-bond acceptors (Lipinski definition) is 6. The molecule has 0 spiro atoms. The third-order valence-electron chi connectivity index (χ3n) is 4.23. The number of aliphatic hydroxyl groups is 1. The number of sulfonamides is 1. The van der Waals surface area contributed by atoms with Crippen molar-refractivity contribution in [2.24, 2.45) is 0 Å². The first-order chi connectivity index (χ1) is 12.5. The number of hydrogen-bond donors (Lipinski definition) is 2. The lowest BCUT2D eigenvalue weighted by Crippen LogP contribution is -2.40. The van der Waals surface area contributed by atoms with E-state index in [1.54, 1.807) is 24.4 Å². The smallest absolute Gasteiger partial charge is 0.251 e. The molecule has 0 radical (unpaired) electrons. The van der Waals surface area contributed by atoms with E-state index in [0.717, 1.165) is 0 Å². The minimum atomic E-state index is -3.69. The standard InChI is InChI=1S/C17H20N4O4S/c22-15-5-8-21(9-6-15)26(24,25)16-3-1-2-13(10-16)17(23)19-11-14-4-7-18-12-20-14/h1-4,7,10,12,15,22H,5-6,8-9,11H2,(H,19,23). The molecule has 0 bridgehead atoms. The molecule has 138 valence electrons. The van der Waals surface area contributed by atoms with Gasteiger partial charge in [-0.25, -0.2) is 18.4 Å². The van der Waals surface area contributed by atoms with E-state index < -0.39 is 16.1 Å². The molecule has 3 rings (SSSR count). The summed E-state index contributed by atoms with van der Waals surface area (Å²) in [6.07, 6.45) is 3.35. The molecule has 0 atom stereocenters. The summed E-state index contributed by atoms with van der Waals surface area (Å²) < 4.78 is 26.8. The van der Waals surface area contributed by atoms with Crippen LogP contribution >= 0.6 is 0 Å². The molecule has 0 aliphatic carbocycles. The molecule has 26 heavy (non-hydrogen) atoms. The van der Waals surface area contributed by atoms with E-state index in [-0.39, 0.29) is 36.0 Å². The summed E-state index contributed by atoms with van der Waals surface area (Å²) in [5.41, 5.74) is 0.918. The summed E-state index contributed by atoms with van der Waals surface area (Å²) in [6, 6.07) is 7.64. The van der Waals surface area contributed by atoms with Crippen LogP contribution in [-0.2, 0) is 16.6 Å². The normalized spacial score (nSPS) is 16.3. The topological polar surface area (TPSA) is 112 Å². The van der Waals surface area contributed by atoms with E-state index in [1.165, 1.54) is 22.8 Å². The number of benzene rings is 1. The van der Waals surface area contributed by atoms with Gasteiger partial charge in [0.15, 0.2) is 0 Å². The van der Waals surface area contributed by atoms with E-state index in [2.05, 4.69) is 15.3 Å².